The molecule has 1 heterocycles. The molecular formula is C56H40N3OP. The van der Waals surface area contributed by atoms with Gasteiger partial charge in [0.15, 0.2) is 13.0 Å². The summed E-state index contributed by atoms with van der Waals surface area (Å²) in [7, 11) is -3.14. The highest BCUT2D eigenvalue weighted by Crippen LogP contribution is 2.46. The number of hydrogen-bond donors (Lipinski definition) is 2. The molecule has 10 rings (SSSR count). The molecule has 0 amide bonds. The van der Waals surface area contributed by atoms with Crippen LogP contribution in [0.25, 0.3) is 66.1 Å². The average molecular weight is 802 g/mol. The van der Waals surface area contributed by atoms with Crippen molar-refractivity contribution in [3.05, 3.63) is 242 Å². The van der Waals surface area contributed by atoms with E-state index in [2.05, 4.69) is 102 Å². The fourth-order valence-electron chi connectivity index (χ4n) is 8.59. The molecule has 4 nitrogen and oxygen atoms in total. The largest absolute Gasteiger partial charge is 0.345 e. The van der Waals surface area contributed by atoms with E-state index in [0.29, 0.717) is 5.49 Å². The summed E-state index contributed by atoms with van der Waals surface area (Å²) in [5, 5.41) is 16.3. The van der Waals surface area contributed by atoms with Crippen LogP contribution in [0.2, 0.25) is 0 Å². The fraction of sp³-hybridized carbons (Fsp3) is 0. The van der Waals surface area contributed by atoms with Crippen LogP contribution in [-0.4, -0.2) is 10.8 Å². The van der Waals surface area contributed by atoms with Crippen LogP contribution in [0.1, 0.15) is 5.56 Å². The number of H-pyrrole nitrogens is 1. The maximum absolute atomic E-state index is 15.2. The topological polar surface area (TPSA) is 69.1 Å². The maximum Gasteiger partial charge on any atom is 0.171 e. The third-order valence-electron chi connectivity index (χ3n) is 11.5. The molecule has 0 fully saturated rings. The standard InChI is InChI=1S/C56H40N3OP/c57-55(59-56-52(40-21-7-2-8-22-40)37-42(38-58-56)39-19-5-1-6-20-39)51-32-18-17-31-50(51)54-48-29-15-13-27-46(48)53(47-28-14-16-30-49(47)54)41-33-35-45(36-34-41)61(60,43-23-9-3-10-24-43)44-25-11-4-12-26-44/h1-38H,(H2,57,58,59). The Morgan fingerprint density at radius 3 is 1.41 bits per heavy atom. The first kappa shape index (κ1) is 37.6. The van der Waals surface area contributed by atoms with E-state index in [4.69, 9.17) is 4.99 Å². The lowest BCUT2D eigenvalue weighted by atomic mass is 9.84. The van der Waals surface area contributed by atoms with Crippen LogP contribution in [0.4, 0.5) is 0 Å². The lowest BCUT2D eigenvalue weighted by Crippen LogP contribution is -2.24. The molecule has 0 unspecified atom stereocenters. The number of pyridine rings is 1. The molecular weight excluding hydrogens is 762 g/mol. The molecule has 0 spiro atoms. The molecule has 5 heteroatoms. The van der Waals surface area contributed by atoms with Crippen molar-refractivity contribution < 1.29 is 4.57 Å². The summed E-state index contributed by atoms with van der Waals surface area (Å²) in [5.41, 5.74) is 9.53. The van der Waals surface area contributed by atoms with Crippen LogP contribution in [-0.2, 0) is 4.57 Å². The van der Waals surface area contributed by atoms with Gasteiger partial charge in [-0.3, -0.25) is 5.41 Å². The van der Waals surface area contributed by atoms with E-state index < -0.39 is 7.14 Å². The Balaban J connectivity index is 1.12. The van der Waals surface area contributed by atoms with Gasteiger partial charge in [0.05, 0.1) is 0 Å². The van der Waals surface area contributed by atoms with Crippen LogP contribution in [0, 0.1) is 5.41 Å². The molecule has 10 aromatic rings. The van der Waals surface area contributed by atoms with Gasteiger partial charge < -0.3 is 9.55 Å². The third-order valence-corrected chi connectivity index (χ3v) is 14.6. The Morgan fingerprint density at radius 1 is 0.410 bits per heavy atom. The van der Waals surface area contributed by atoms with Crippen molar-refractivity contribution in [2.24, 2.45) is 4.99 Å². The monoisotopic (exact) mass is 801 g/mol. The van der Waals surface area contributed by atoms with E-state index in [-0.39, 0.29) is 5.84 Å². The van der Waals surface area contributed by atoms with Gasteiger partial charge >= 0.3 is 0 Å². The Hall–Kier alpha value is -7.65. The molecule has 1 aromatic heterocycles. The number of nitrogens with zero attached hydrogens (tertiary/aromatic N) is 1. The first-order valence-electron chi connectivity index (χ1n) is 20.4. The number of nitrogens with one attached hydrogen (secondary N) is 2. The summed E-state index contributed by atoms with van der Waals surface area (Å²) in [4.78, 5) is 8.48. The minimum atomic E-state index is -3.14. The molecule has 290 valence electrons. The van der Waals surface area contributed by atoms with Crippen LogP contribution >= 0.6 is 7.14 Å². The van der Waals surface area contributed by atoms with Crippen LogP contribution < -0.4 is 21.4 Å². The Labute approximate surface area is 355 Å². The number of rotatable bonds is 8. The zero-order chi connectivity index (χ0) is 41.2. The number of benzene rings is 9. The van der Waals surface area contributed by atoms with Crippen molar-refractivity contribution >= 4 is 50.4 Å². The molecule has 0 aliphatic rings. The molecule has 9 aromatic carbocycles. The highest BCUT2D eigenvalue weighted by atomic mass is 31.2. The van der Waals surface area contributed by atoms with Crippen molar-refractivity contribution in [3.8, 4) is 44.5 Å². The second kappa shape index (κ2) is 16.2. The molecule has 0 radical (unpaired) electrons. The van der Waals surface area contributed by atoms with Crippen molar-refractivity contribution in [3.63, 3.8) is 0 Å². The summed E-state index contributed by atoms with van der Waals surface area (Å²) in [6.45, 7) is 0. The number of hydrogen-bond acceptors (Lipinski definition) is 2. The summed E-state index contributed by atoms with van der Waals surface area (Å²) in [5.74, 6) is 0.158. The molecule has 0 aliphatic carbocycles. The number of amidine groups is 1. The predicted molar refractivity (Wildman–Crippen MR) is 256 cm³/mol. The van der Waals surface area contributed by atoms with E-state index in [1.807, 2.05) is 134 Å². The summed E-state index contributed by atoms with van der Waals surface area (Å²) < 4.78 is 15.2. The van der Waals surface area contributed by atoms with Gasteiger partial charge in [-0.05, 0) is 66.6 Å². The maximum atomic E-state index is 15.2. The zero-order valence-electron chi connectivity index (χ0n) is 33.2. The van der Waals surface area contributed by atoms with Crippen LogP contribution in [0.15, 0.2) is 236 Å². The van der Waals surface area contributed by atoms with E-state index in [0.717, 1.165) is 87.5 Å². The van der Waals surface area contributed by atoms with Gasteiger partial charge in [-0.15, -0.1) is 0 Å². The van der Waals surface area contributed by atoms with Crippen molar-refractivity contribution in [2.45, 2.75) is 0 Å². The Kier molecular flexibility index (Phi) is 9.98. The van der Waals surface area contributed by atoms with E-state index in [1.54, 1.807) is 0 Å². The van der Waals surface area contributed by atoms with Gasteiger partial charge in [0.1, 0.15) is 5.49 Å². The van der Waals surface area contributed by atoms with Gasteiger partial charge in [0.25, 0.3) is 0 Å². The lowest BCUT2D eigenvalue weighted by molar-refractivity contribution is 0.592. The van der Waals surface area contributed by atoms with Crippen molar-refractivity contribution in [2.75, 3.05) is 0 Å². The number of aromatic nitrogens is 1. The minimum Gasteiger partial charge on any atom is -0.345 e. The SMILES string of the molecule is N=C(N=c1[nH]cc(-c2ccccc2)cc1-c1ccccc1)c1ccccc1-c1c2ccccc2c(-c2ccc(P(=O)(c3ccccc3)c3ccccc3)cc2)c2ccccc12. The normalized spacial score (nSPS) is 11.8. The summed E-state index contributed by atoms with van der Waals surface area (Å²) >= 11 is 0. The molecule has 61 heavy (non-hydrogen) atoms. The Bertz CT molecular complexity index is 3230. The summed E-state index contributed by atoms with van der Waals surface area (Å²) in [6, 6.07) is 75.7. The smallest absolute Gasteiger partial charge is 0.171 e. The van der Waals surface area contributed by atoms with Gasteiger partial charge in [-0.2, -0.15) is 0 Å². The molecule has 0 saturated heterocycles. The van der Waals surface area contributed by atoms with Gasteiger partial charge in [0, 0.05) is 33.2 Å². The highest BCUT2D eigenvalue weighted by molar-refractivity contribution is 7.85. The van der Waals surface area contributed by atoms with E-state index in [1.165, 1.54) is 0 Å². The molecule has 0 bridgehead atoms. The Morgan fingerprint density at radius 2 is 0.852 bits per heavy atom. The van der Waals surface area contributed by atoms with Gasteiger partial charge in [-0.1, -0.05) is 218 Å². The first-order chi connectivity index (χ1) is 30.1. The summed E-state index contributed by atoms with van der Waals surface area (Å²) in [6.07, 6.45) is 1.97. The first-order valence-corrected chi connectivity index (χ1v) is 22.1. The lowest BCUT2D eigenvalue weighted by Gasteiger charge is -2.21. The molecule has 0 atom stereocenters. The second-order valence-electron chi connectivity index (χ2n) is 15.1. The molecule has 2 N–H and O–H groups in total. The average Bonchev–Trinajstić information content (AvgIpc) is 3.34. The zero-order valence-corrected chi connectivity index (χ0v) is 34.1. The van der Waals surface area contributed by atoms with Gasteiger partial charge in [0.2, 0.25) is 0 Å². The van der Waals surface area contributed by atoms with E-state index in [9.17, 15) is 5.41 Å². The fourth-order valence-corrected chi connectivity index (χ4v) is 11.2. The van der Waals surface area contributed by atoms with E-state index >= 15 is 4.57 Å². The van der Waals surface area contributed by atoms with Crippen LogP contribution in [0.5, 0.6) is 0 Å². The quantitative estimate of drug-likeness (QED) is 0.0683. The third kappa shape index (κ3) is 6.93. The van der Waals surface area contributed by atoms with Crippen molar-refractivity contribution in [1.82, 2.24) is 4.98 Å². The predicted octanol–water partition coefficient (Wildman–Crippen LogP) is 12.6. The van der Waals surface area contributed by atoms with Crippen molar-refractivity contribution in [1.29, 1.82) is 5.41 Å². The number of fused-ring (bicyclic) bond motifs is 2. The van der Waals surface area contributed by atoms with Gasteiger partial charge in [-0.25, -0.2) is 4.99 Å². The molecule has 0 saturated carbocycles. The number of aromatic amines is 1. The highest BCUT2D eigenvalue weighted by Gasteiger charge is 2.30. The second-order valence-corrected chi connectivity index (χ2v) is 17.8. The molecule has 0 aliphatic heterocycles. The minimum absolute atomic E-state index is 0.158. The van der Waals surface area contributed by atoms with Crippen LogP contribution in [0.3, 0.4) is 0 Å².